The van der Waals surface area contributed by atoms with E-state index in [2.05, 4.69) is 18.4 Å². The molecule has 3 nitrogen and oxygen atoms in total. The van der Waals surface area contributed by atoms with Crippen molar-refractivity contribution in [2.24, 2.45) is 0 Å². The predicted octanol–water partition coefficient (Wildman–Crippen LogP) is 3.97. The Balaban J connectivity index is 1.69. The molecule has 1 aliphatic heterocycles. The zero-order chi connectivity index (χ0) is 15.5. The van der Waals surface area contributed by atoms with Gasteiger partial charge in [-0.2, -0.15) is 0 Å². The van der Waals surface area contributed by atoms with E-state index in [1.54, 1.807) is 11.3 Å². The molecule has 3 rings (SSSR count). The highest BCUT2D eigenvalue weighted by Gasteiger charge is 2.30. The molecule has 2 heterocycles. The Morgan fingerprint density at radius 1 is 1.36 bits per heavy atom. The molecule has 0 N–H and O–H groups in total. The van der Waals surface area contributed by atoms with Crippen molar-refractivity contribution in [2.75, 3.05) is 13.2 Å². The number of thiophene rings is 1. The number of amides is 1. The van der Waals surface area contributed by atoms with E-state index < -0.39 is 0 Å². The van der Waals surface area contributed by atoms with Gasteiger partial charge >= 0.3 is 0 Å². The zero-order valence-electron chi connectivity index (χ0n) is 13.0. The summed E-state index contributed by atoms with van der Waals surface area (Å²) in [5, 5.41) is 2.13. The Kier molecular flexibility index (Phi) is 4.48. The fourth-order valence-electron chi connectivity index (χ4n) is 3.08. The van der Waals surface area contributed by atoms with Crippen LogP contribution in [0.5, 0.6) is 5.75 Å². The van der Waals surface area contributed by atoms with E-state index in [-0.39, 0.29) is 18.6 Å². The van der Waals surface area contributed by atoms with Crippen molar-refractivity contribution in [3.8, 4) is 5.75 Å². The van der Waals surface area contributed by atoms with Crippen molar-refractivity contribution in [1.82, 2.24) is 4.90 Å². The molecule has 2 aromatic rings. The van der Waals surface area contributed by atoms with Crippen LogP contribution in [0.1, 0.15) is 35.4 Å². The third kappa shape index (κ3) is 2.88. The number of ether oxygens (including phenoxy) is 1. The highest BCUT2D eigenvalue weighted by atomic mass is 32.1. The summed E-state index contributed by atoms with van der Waals surface area (Å²) < 4.78 is 5.73. The van der Waals surface area contributed by atoms with Gasteiger partial charge in [-0.15, -0.1) is 11.3 Å². The van der Waals surface area contributed by atoms with Gasteiger partial charge < -0.3 is 9.64 Å². The van der Waals surface area contributed by atoms with E-state index in [1.165, 1.54) is 10.4 Å². The number of nitrogens with zero attached hydrogens (tertiary/aromatic N) is 1. The molecule has 1 amide bonds. The summed E-state index contributed by atoms with van der Waals surface area (Å²) in [6.07, 6.45) is 1.90. The number of fused-ring (bicyclic) bond motifs is 1. The lowest BCUT2D eigenvalue weighted by Crippen LogP contribution is -2.41. The fourth-order valence-corrected chi connectivity index (χ4v) is 4.00. The van der Waals surface area contributed by atoms with E-state index in [4.69, 9.17) is 4.74 Å². The zero-order valence-corrected chi connectivity index (χ0v) is 13.9. The number of para-hydroxylation sites is 1. The van der Waals surface area contributed by atoms with Gasteiger partial charge in [0.2, 0.25) is 0 Å². The van der Waals surface area contributed by atoms with Crippen LogP contribution in [0.4, 0.5) is 0 Å². The lowest BCUT2D eigenvalue weighted by molar-refractivity contribution is -0.136. The highest BCUT2D eigenvalue weighted by Crippen LogP contribution is 2.35. The molecular weight excluding hydrogens is 294 g/mol. The van der Waals surface area contributed by atoms with Crippen LogP contribution in [0.15, 0.2) is 35.7 Å². The third-order valence-electron chi connectivity index (χ3n) is 4.25. The molecule has 22 heavy (non-hydrogen) atoms. The monoisotopic (exact) mass is 315 g/mol. The molecule has 0 aliphatic carbocycles. The first-order valence-electron chi connectivity index (χ1n) is 7.75. The number of hydrogen-bond acceptors (Lipinski definition) is 3. The second-order valence-corrected chi connectivity index (χ2v) is 6.62. The lowest BCUT2D eigenvalue weighted by atomic mass is 9.98. The normalized spacial score (nSPS) is 17.2. The number of carbonyl (C=O) groups excluding carboxylic acids is 1. The Bertz CT molecular complexity index is 665. The van der Waals surface area contributed by atoms with Crippen molar-refractivity contribution < 1.29 is 9.53 Å². The Labute approximate surface area is 135 Å². The van der Waals surface area contributed by atoms with Crippen molar-refractivity contribution in [1.29, 1.82) is 0 Å². The van der Waals surface area contributed by atoms with Gasteiger partial charge in [-0.05, 0) is 48.4 Å². The van der Waals surface area contributed by atoms with Crippen LogP contribution < -0.4 is 4.74 Å². The molecular formula is C18H21NO2S. The largest absolute Gasteiger partial charge is 0.484 e. The predicted molar refractivity (Wildman–Crippen MR) is 89.4 cm³/mol. The second kappa shape index (κ2) is 6.53. The van der Waals surface area contributed by atoms with Gasteiger partial charge in [-0.3, -0.25) is 4.79 Å². The van der Waals surface area contributed by atoms with Gasteiger partial charge in [-0.1, -0.05) is 25.1 Å². The summed E-state index contributed by atoms with van der Waals surface area (Å²) in [7, 11) is 0. The van der Waals surface area contributed by atoms with Gasteiger partial charge in [0, 0.05) is 11.4 Å². The number of aryl methyl sites for hydroxylation is 1. The number of rotatable bonds is 4. The molecule has 0 fully saturated rings. The van der Waals surface area contributed by atoms with Gasteiger partial charge in [0.05, 0.1) is 6.04 Å². The van der Waals surface area contributed by atoms with Crippen molar-refractivity contribution in [2.45, 2.75) is 32.7 Å². The van der Waals surface area contributed by atoms with Crippen LogP contribution in [-0.4, -0.2) is 24.0 Å². The van der Waals surface area contributed by atoms with E-state index in [9.17, 15) is 4.79 Å². The minimum absolute atomic E-state index is 0.0759. The minimum Gasteiger partial charge on any atom is -0.484 e. The average Bonchev–Trinajstić information content (AvgIpc) is 3.01. The Morgan fingerprint density at radius 3 is 2.95 bits per heavy atom. The summed E-state index contributed by atoms with van der Waals surface area (Å²) in [5.41, 5.74) is 2.38. The van der Waals surface area contributed by atoms with Gasteiger partial charge in [0.15, 0.2) is 6.61 Å². The minimum atomic E-state index is 0.0759. The smallest absolute Gasteiger partial charge is 0.261 e. The standard InChI is InChI=1S/C18H21NO2S/c1-3-15-14-9-11-22-17(14)8-10-19(15)18(20)12-21-16-7-5-4-6-13(16)2/h4-7,9,11,15H,3,8,10,12H2,1-2H3. The van der Waals surface area contributed by atoms with Gasteiger partial charge in [-0.25, -0.2) is 0 Å². The van der Waals surface area contributed by atoms with Crippen molar-refractivity contribution >= 4 is 17.2 Å². The molecule has 1 unspecified atom stereocenters. The van der Waals surface area contributed by atoms with E-state index >= 15 is 0 Å². The molecule has 1 aromatic carbocycles. The SMILES string of the molecule is CCC1c2ccsc2CCN1C(=O)COc1ccccc1C. The quantitative estimate of drug-likeness (QED) is 0.854. The van der Waals surface area contributed by atoms with E-state index in [0.717, 1.165) is 30.7 Å². The number of hydrogen-bond donors (Lipinski definition) is 0. The molecule has 0 bridgehead atoms. The molecule has 0 saturated heterocycles. The molecule has 0 spiro atoms. The topological polar surface area (TPSA) is 29.5 Å². The second-order valence-electron chi connectivity index (χ2n) is 5.61. The lowest BCUT2D eigenvalue weighted by Gasteiger charge is -2.35. The first-order chi connectivity index (χ1) is 10.7. The molecule has 1 atom stereocenters. The van der Waals surface area contributed by atoms with Crippen LogP contribution in [0.3, 0.4) is 0 Å². The molecule has 4 heteroatoms. The molecule has 1 aliphatic rings. The fraction of sp³-hybridized carbons (Fsp3) is 0.389. The average molecular weight is 315 g/mol. The first-order valence-corrected chi connectivity index (χ1v) is 8.62. The van der Waals surface area contributed by atoms with E-state index in [0.29, 0.717) is 0 Å². The highest BCUT2D eigenvalue weighted by molar-refractivity contribution is 7.10. The Morgan fingerprint density at radius 2 is 2.18 bits per heavy atom. The maximum Gasteiger partial charge on any atom is 0.261 e. The first kappa shape index (κ1) is 15.1. The maximum atomic E-state index is 12.6. The Hall–Kier alpha value is -1.81. The van der Waals surface area contributed by atoms with Crippen molar-refractivity contribution in [3.63, 3.8) is 0 Å². The summed E-state index contributed by atoms with van der Waals surface area (Å²) in [6.45, 7) is 5.04. The van der Waals surface area contributed by atoms with Crippen LogP contribution in [0, 0.1) is 6.92 Å². The summed E-state index contributed by atoms with van der Waals surface area (Å²) >= 11 is 1.80. The summed E-state index contributed by atoms with van der Waals surface area (Å²) in [6, 6.07) is 10.2. The number of carbonyl (C=O) groups is 1. The third-order valence-corrected chi connectivity index (χ3v) is 5.24. The van der Waals surface area contributed by atoms with Crippen LogP contribution >= 0.6 is 11.3 Å². The summed E-state index contributed by atoms with van der Waals surface area (Å²) in [5.74, 6) is 0.865. The van der Waals surface area contributed by atoms with Gasteiger partial charge in [0.1, 0.15) is 5.75 Å². The van der Waals surface area contributed by atoms with Gasteiger partial charge in [0.25, 0.3) is 5.91 Å². The van der Waals surface area contributed by atoms with Crippen LogP contribution in [0.25, 0.3) is 0 Å². The summed E-state index contributed by atoms with van der Waals surface area (Å²) in [4.78, 5) is 16.0. The maximum absolute atomic E-state index is 12.6. The van der Waals surface area contributed by atoms with Crippen LogP contribution in [0.2, 0.25) is 0 Å². The molecule has 116 valence electrons. The van der Waals surface area contributed by atoms with E-state index in [1.807, 2.05) is 36.1 Å². The molecule has 0 saturated carbocycles. The van der Waals surface area contributed by atoms with Crippen LogP contribution in [-0.2, 0) is 11.2 Å². The molecule has 1 aromatic heterocycles. The van der Waals surface area contributed by atoms with Crippen molar-refractivity contribution in [3.05, 3.63) is 51.7 Å². The molecule has 0 radical (unpaired) electrons. The number of benzene rings is 1.